The van der Waals surface area contributed by atoms with Gasteiger partial charge in [-0.25, -0.2) is 14.6 Å². The fourth-order valence-corrected chi connectivity index (χ4v) is 5.83. The number of hydrogen-bond donors (Lipinski definition) is 1. The molecule has 0 spiro atoms. The van der Waals surface area contributed by atoms with Crippen LogP contribution in [0, 0.1) is 0 Å². The average Bonchev–Trinajstić information content (AvgIpc) is 3.39. The number of carbonyl (C=O) groups is 4. The number of carboxylic acid groups (broad SMARTS) is 1. The highest BCUT2D eigenvalue weighted by molar-refractivity contribution is 6.08. The zero-order valence-electron chi connectivity index (χ0n) is 25.1. The standard InChI is InChI=1S/C32H37N5O6/c1-6-28(38)36-20(2)17-25(23-9-7-8-10-24(23)36)37(31(42)43-32(3,4)5)22-13-11-21(12-14-22)29(39)26-18-33-27-19-34(30(40)41)15-16-35(26)27/h7-14,18,20,25H,6,15-17,19H2,1-5H3,(H,40,41)/t20-,25+/m0/s1. The first-order chi connectivity index (χ1) is 20.4. The molecule has 0 saturated heterocycles. The Hall–Kier alpha value is -4.67. The first-order valence-corrected chi connectivity index (χ1v) is 14.5. The van der Waals surface area contributed by atoms with E-state index in [2.05, 4.69) is 4.98 Å². The zero-order chi connectivity index (χ0) is 31.1. The fraction of sp³-hybridized carbons (Fsp3) is 0.406. The Morgan fingerprint density at radius 1 is 1.05 bits per heavy atom. The summed E-state index contributed by atoms with van der Waals surface area (Å²) in [6, 6.07) is 13.9. The lowest BCUT2D eigenvalue weighted by molar-refractivity contribution is -0.118. The summed E-state index contributed by atoms with van der Waals surface area (Å²) in [6.07, 6.45) is 0.798. The Morgan fingerprint density at radius 3 is 2.40 bits per heavy atom. The molecule has 0 bridgehead atoms. The van der Waals surface area contributed by atoms with E-state index in [1.54, 1.807) is 33.7 Å². The van der Waals surface area contributed by atoms with E-state index in [0.717, 1.165) is 11.3 Å². The molecule has 11 nitrogen and oxygen atoms in total. The molecular formula is C32H37N5O6. The summed E-state index contributed by atoms with van der Waals surface area (Å²) in [5, 5.41) is 9.31. The van der Waals surface area contributed by atoms with Crippen molar-refractivity contribution in [1.82, 2.24) is 14.5 Å². The molecule has 0 unspecified atom stereocenters. The molecule has 0 fully saturated rings. The molecule has 0 radical (unpaired) electrons. The van der Waals surface area contributed by atoms with E-state index in [4.69, 9.17) is 4.74 Å². The number of amides is 3. The predicted octanol–water partition coefficient (Wildman–Crippen LogP) is 5.63. The minimum Gasteiger partial charge on any atom is -0.465 e. The quantitative estimate of drug-likeness (QED) is 0.384. The molecule has 2 aliphatic heterocycles. The van der Waals surface area contributed by atoms with Crippen LogP contribution >= 0.6 is 0 Å². The van der Waals surface area contributed by atoms with E-state index >= 15 is 0 Å². The summed E-state index contributed by atoms with van der Waals surface area (Å²) >= 11 is 0. The molecular weight excluding hydrogens is 550 g/mol. The van der Waals surface area contributed by atoms with Crippen molar-refractivity contribution < 1.29 is 29.0 Å². The second-order valence-electron chi connectivity index (χ2n) is 11.9. The molecule has 43 heavy (non-hydrogen) atoms. The van der Waals surface area contributed by atoms with Gasteiger partial charge in [0.25, 0.3) is 0 Å². The van der Waals surface area contributed by atoms with E-state index in [9.17, 15) is 24.3 Å². The molecule has 2 aliphatic rings. The molecule has 2 aromatic carbocycles. The number of hydrogen-bond acceptors (Lipinski definition) is 6. The topological polar surface area (TPSA) is 125 Å². The SMILES string of the molecule is CCC(=O)N1c2ccccc2[C@H](N(C(=O)OC(C)(C)C)c2ccc(C(=O)c3cnc4n3CCN(C(=O)O)C4)cc2)C[C@@H]1C. The van der Waals surface area contributed by atoms with Crippen LogP contribution in [0.1, 0.15) is 80.9 Å². The number of carbonyl (C=O) groups excluding carboxylic acids is 3. The largest absolute Gasteiger partial charge is 0.465 e. The lowest BCUT2D eigenvalue weighted by atomic mass is 9.90. The second-order valence-corrected chi connectivity index (χ2v) is 11.9. The van der Waals surface area contributed by atoms with Crippen molar-refractivity contribution >= 4 is 35.3 Å². The fourth-order valence-electron chi connectivity index (χ4n) is 5.83. The van der Waals surface area contributed by atoms with Gasteiger partial charge in [0.1, 0.15) is 17.1 Å². The average molecular weight is 588 g/mol. The molecule has 3 heterocycles. The van der Waals surface area contributed by atoms with E-state index in [1.165, 1.54) is 11.1 Å². The third-order valence-corrected chi connectivity index (χ3v) is 7.81. The van der Waals surface area contributed by atoms with Gasteiger partial charge in [-0.15, -0.1) is 0 Å². The van der Waals surface area contributed by atoms with Crippen molar-refractivity contribution in [2.24, 2.45) is 0 Å². The van der Waals surface area contributed by atoms with E-state index in [1.807, 2.05) is 63.8 Å². The first kappa shape index (κ1) is 29.8. The van der Waals surface area contributed by atoms with Crippen molar-refractivity contribution in [3.05, 3.63) is 77.4 Å². The van der Waals surface area contributed by atoms with Crippen LogP contribution in [0.25, 0.3) is 0 Å². The van der Waals surface area contributed by atoms with Gasteiger partial charge in [0, 0.05) is 42.5 Å². The number of ether oxygens (including phenoxy) is 1. The number of imidazole rings is 1. The van der Waals surface area contributed by atoms with Crippen LogP contribution in [0.2, 0.25) is 0 Å². The maximum atomic E-state index is 13.8. The van der Waals surface area contributed by atoms with Crippen LogP contribution in [0.15, 0.2) is 54.7 Å². The molecule has 226 valence electrons. The summed E-state index contributed by atoms with van der Waals surface area (Å²) in [7, 11) is 0. The highest BCUT2D eigenvalue weighted by Gasteiger charge is 2.39. The summed E-state index contributed by atoms with van der Waals surface area (Å²) in [6.45, 7) is 9.98. The predicted molar refractivity (Wildman–Crippen MR) is 160 cm³/mol. The second kappa shape index (κ2) is 11.5. The van der Waals surface area contributed by atoms with Gasteiger partial charge in [-0.2, -0.15) is 0 Å². The summed E-state index contributed by atoms with van der Waals surface area (Å²) in [5.74, 6) is 0.288. The highest BCUT2D eigenvalue weighted by atomic mass is 16.6. The smallest absolute Gasteiger partial charge is 0.415 e. The molecule has 1 aromatic heterocycles. The molecule has 11 heteroatoms. The Morgan fingerprint density at radius 2 is 1.74 bits per heavy atom. The number of nitrogens with zero attached hydrogens (tertiary/aromatic N) is 5. The molecule has 2 atom stereocenters. The van der Waals surface area contributed by atoms with Gasteiger partial charge in [-0.05, 0) is 70.0 Å². The van der Waals surface area contributed by atoms with Crippen molar-refractivity contribution in [2.45, 2.75) is 78.2 Å². The maximum Gasteiger partial charge on any atom is 0.415 e. The number of rotatable bonds is 5. The molecule has 3 amide bonds. The minimum atomic E-state index is -1.02. The van der Waals surface area contributed by atoms with Gasteiger partial charge in [-0.3, -0.25) is 19.4 Å². The number of fused-ring (bicyclic) bond motifs is 2. The van der Waals surface area contributed by atoms with Gasteiger partial charge >= 0.3 is 12.2 Å². The number of benzene rings is 2. The van der Waals surface area contributed by atoms with E-state index in [0.29, 0.717) is 42.2 Å². The minimum absolute atomic E-state index is 0.0165. The van der Waals surface area contributed by atoms with Gasteiger partial charge in [0.2, 0.25) is 11.7 Å². The Balaban J connectivity index is 1.49. The highest BCUT2D eigenvalue weighted by Crippen LogP contribution is 2.43. The summed E-state index contributed by atoms with van der Waals surface area (Å²) in [4.78, 5) is 60.5. The molecule has 0 aliphatic carbocycles. The Labute approximate surface area is 250 Å². The first-order valence-electron chi connectivity index (χ1n) is 14.5. The van der Waals surface area contributed by atoms with Crippen molar-refractivity contribution in [3.63, 3.8) is 0 Å². The van der Waals surface area contributed by atoms with Crippen LogP contribution in [0.4, 0.5) is 21.0 Å². The zero-order valence-corrected chi connectivity index (χ0v) is 25.1. The van der Waals surface area contributed by atoms with E-state index in [-0.39, 0.29) is 30.8 Å². The summed E-state index contributed by atoms with van der Waals surface area (Å²) in [5.41, 5.74) is 2.22. The van der Waals surface area contributed by atoms with Crippen LogP contribution in [-0.4, -0.2) is 61.6 Å². The van der Waals surface area contributed by atoms with Crippen molar-refractivity contribution in [2.75, 3.05) is 16.3 Å². The third-order valence-electron chi connectivity index (χ3n) is 7.81. The van der Waals surface area contributed by atoms with Gasteiger partial charge in [0.15, 0.2) is 0 Å². The normalized spacial score (nSPS) is 18.0. The van der Waals surface area contributed by atoms with Crippen LogP contribution < -0.4 is 9.80 Å². The summed E-state index contributed by atoms with van der Waals surface area (Å²) < 4.78 is 7.62. The number of para-hydroxylation sites is 1. The number of aromatic nitrogens is 2. The third kappa shape index (κ3) is 5.84. The maximum absolute atomic E-state index is 13.8. The molecule has 0 saturated carbocycles. The van der Waals surface area contributed by atoms with Gasteiger partial charge in [0.05, 0.1) is 18.8 Å². The Kier molecular flexibility index (Phi) is 8.00. The lowest BCUT2D eigenvalue weighted by Gasteiger charge is -2.43. The van der Waals surface area contributed by atoms with Crippen molar-refractivity contribution in [3.8, 4) is 0 Å². The monoisotopic (exact) mass is 587 g/mol. The Bertz CT molecular complexity index is 1560. The van der Waals surface area contributed by atoms with Gasteiger partial charge < -0.3 is 19.3 Å². The lowest BCUT2D eigenvalue weighted by Crippen LogP contribution is -2.48. The van der Waals surface area contributed by atoms with Crippen LogP contribution in [-0.2, 0) is 22.6 Å². The van der Waals surface area contributed by atoms with Crippen molar-refractivity contribution in [1.29, 1.82) is 0 Å². The van der Waals surface area contributed by atoms with Crippen LogP contribution in [0.5, 0.6) is 0 Å². The molecule has 5 rings (SSSR count). The number of ketones is 1. The van der Waals surface area contributed by atoms with E-state index < -0.39 is 23.8 Å². The molecule has 3 aromatic rings. The van der Waals surface area contributed by atoms with Crippen LogP contribution in [0.3, 0.4) is 0 Å². The molecule has 1 N–H and O–H groups in total. The van der Waals surface area contributed by atoms with Gasteiger partial charge in [-0.1, -0.05) is 25.1 Å². The number of anilines is 2.